The molecular weight excluding hydrogens is 158 g/mol. The summed E-state index contributed by atoms with van der Waals surface area (Å²) >= 11 is 0. The zero-order chi connectivity index (χ0) is 8.74. The van der Waals surface area contributed by atoms with Crippen molar-refractivity contribution < 1.29 is 4.43 Å². The molecule has 0 spiro atoms. The molecule has 0 saturated heterocycles. The van der Waals surface area contributed by atoms with Crippen LogP contribution in [0.3, 0.4) is 0 Å². The Morgan fingerprint density at radius 3 is 1.82 bits per heavy atom. The van der Waals surface area contributed by atoms with E-state index in [0.29, 0.717) is 0 Å². The molecule has 0 aromatic rings. The van der Waals surface area contributed by atoms with Crippen LogP contribution in [-0.4, -0.2) is 36.6 Å². The molecule has 3 N–H and O–H groups in total. The summed E-state index contributed by atoms with van der Waals surface area (Å²) in [6, 6.07) is 0. The van der Waals surface area contributed by atoms with Crippen molar-refractivity contribution in [2.45, 2.75) is 13.3 Å². The van der Waals surface area contributed by atoms with Gasteiger partial charge in [-0.3, -0.25) is 14.9 Å². The minimum Gasteiger partial charge on any atom is -0.380 e. The van der Waals surface area contributed by atoms with Gasteiger partial charge in [0.2, 0.25) is 0 Å². The fourth-order valence-electron chi connectivity index (χ4n) is 0.847. The number of rotatable bonds is 6. The quantitative estimate of drug-likeness (QED) is 0.479. The first-order chi connectivity index (χ1) is 5.24. The third kappa shape index (κ3) is 3.30. The second-order valence-corrected chi connectivity index (χ2v) is 5.43. The summed E-state index contributed by atoms with van der Waals surface area (Å²) in [6.45, 7) is 2.88. The van der Waals surface area contributed by atoms with Crippen molar-refractivity contribution in [3.63, 3.8) is 0 Å². The average Bonchev–Trinajstić information content (AvgIpc) is 2.08. The summed E-state index contributed by atoms with van der Waals surface area (Å²) in [5.41, 5.74) is 0. The van der Waals surface area contributed by atoms with Crippen LogP contribution in [0, 0.1) is 0 Å². The minimum atomic E-state index is -1.99. The lowest BCUT2D eigenvalue weighted by Crippen LogP contribution is -2.71. The highest BCUT2D eigenvalue weighted by Crippen LogP contribution is 1.90. The van der Waals surface area contributed by atoms with E-state index in [4.69, 9.17) is 4.43 Å². The largest absolute Gasteiger partial charge is 0.439 e. The van der Waals surface area contributed by atoms with E-state index in [2.05, 4.69) is 21.9 Å². The summed E-state index contributed by atoms with van der Waals surface area (Å²) < 4.78 is 5.63. The Bertz CT molecular complexity index is 89.6. The monoisotopic (exact) mass is 177 g/mol. The van der Waals surface area contributed by atoms with Crippen molar-refractivity contribution in [2.24, 2.45) is 0 Å². The van der Waals surface area contributed by atoms with E-state index in [9.17, 15) is 0 Å². The van der Waals surface area contributed by atoms with Crippen molar-refractivity contribution in [3.05, 3.63) is 0 Å². The van der Waals surface area contributed by atoms with Gasteiger partial charge in [0.25, 0.3) is 0 Å². The summed E-state index contributed by atoms with van der Waals surface area (Å²) in [5, 5.41) is 0. The summed E-state index contributed by atoms with van der Waals surface area (Å²) in [4.78, 5) is 9.43. The number of nitrogens with one attached hydrogen (secondary N) is 3. The van der Waals surface area contributed by atoms with Crippen molar-refractivity contribution in [3.8, 4) is 0 Å². The smallest absolute Gasteiger partial charge is 0.380 e. The molecule has 0 unspecified atom stereocenters. The predicted molar refractivity (Wildman–Crippen MR) is 49.2 cm³/mol. The van der Waals surface area contributed by atoms with E-state index in [0.717, 1.165) is 13.0 Å². The number of hydrogen-bond acceptors (Lipinski definition) is 4. The van der Waals surface area contributed by atoms with Crippen LogP contribution in [0.2, 0.25) is 0 Å². The van der Waals surface area contributed by atoms with Crippen LogP contribution < -0.4 is 14.9 Å². The molecule has 11 heavy (non-hydrogen) atoms. The van der Waals surface area contributed by atoms with Gasteiger partial charge in [0.05, 0.1) is 0 Å². The molecular formula is C6H19N3OSi. The second kappa shape index (κ2) is 5.67. The topological polar surface area (TPSA) is 45.3 Å². The van der Waals surface area contributed by atoms with Crippen LogP contribution in [0.15, 0.2) is 0 Å². The number of hydrogen-bond donors (Lipinski definition) is 3. The first kappa shape index (κ1) is 11.1. The van der Waals surface area contributed by atoms with E-state index in [1.165, 1.54) is 0 Å². The molecule has 0 heterocycles. The van der Waals surface area contributed by atoms with Gasteiger partial charge in [0.1, 0.15) is 0 Å². The van der Waals surface area contributed by atoms with E-state index in [1.54, 1.807) is 0 Å². The molecule has 0 atom stereocenters. The standard InChI is InChI=1S/C6H19N3OSi/c1-5-6-10-11(7-2,8-3)9-4/h7-9H,5-6H2,1-4H3. The molecule has 0 aliphatic heterocycles. The maximum Gasteiger partial charge on any atom is 0.439 e. The normalized spacial score (nSPS) is 12.0. The van der Waals surface area contributed by atoms with Gasteiger partial charge >= 0.3 is 8.80 Å². The molecule has 0 amide bonds. The molecule has 0 radical (unpaired) electrons. The average molecular weight is 177 g/mol. The lowest BCUT2D eigenvalue weighted by atomic mass is 10.5. The van der Waals surface area contributed by atoms with Gasteiger partial charge in [0.15, 0.2) is 0 Å². The molecule has 0 bridgehead atoms. The van der Waals surface area contributed by atoms with Crippen LogP contribution in [-0.2, 0) is 4.43 Å². The molecule has 68 valence electrons. The van der Waals surface area contributed by atoms with Crippen LogP contribution in [0.4, 0.5) is 0 Å². The zero-order valence-corrected chi connectivity index (χ0v) is 8.82. The van der Waals surface area contributed by atoms with Gasteiger partial charge in [-0.25, -0.2) is 0 Å². The van der Waals surface area contributed by atoms with Crippen LogP contribution in [0.5, 0.6) is 0 Å². The van der Waals surface area contributed by atoms with Gasteiger partial charge < -0.3 is 4.43 Å². The highest BCUT2D eigenvalue weighted by molar-refractivity contribution is 6.65. The zero-order valence-electron chi connectivity index (χ0n) is 7.82. The maximum absolute atomic E-state index is 5.63. The highest BCUT2D eigenvalue weighted by atomic mass is 28.4. The van der Waals surface area contributed by atoms with Gasteiger partial charge in [-0.15, -0.1) is 0 Å². The SMILES string of the molecule is CCCO[Si](NC)(NC)NC. The second-order valence-electron chi connectivity index (χ2n) is 2.28. The molecule has 0 fully saturated rings. The molecule has 4 nitrogen and oxygen atoms in total. The molecule has 5 heteroatoms. The molecule has 0 rings (SSSR count). The van der Waals surface area contributed by atoms with Gasteiger partial charge in [-0.2, -0.15) is 0 Å². The van der Waals surface area contributed by atoms with Gasteiger partial charge in [0, 0.05) is 6.61 Å². The Morgan fingerprint density at radius 1 is 1.09 bits per heavy atom. The lowest BCUT2D eigenvalue weighted by Gasteiger charge is -2.27. The fraction of sp³-hybridized carbons (Fsp3) is 1.00. The Balaban J connectivity index is 3.84. The van der Waals surface area contributed by atoms with Gasteiger partial charge in [-0.1, -0.05) is 6.92 Å². The Morgan fingerprint density at radius 2 is 1.55 bits per heavy atom. The third-order valence-corrected chi connectivity index (χ3v) is 4.33. The first-order valence-electron chi connectivity index (χ1n) is 3.95. The van der Waals surface area contributed by atoms with Crippen molar-refractivity contribution >= 4 is 8.80 Å². The highest BCUT2D eigenvalue weighted by Gasteiger charge is 2.30. The van der Waals surface area contributed by atoms with Crippen molar-refractivity contribution in [1.29, 1.82) is 0 Å². The Kier molecular flexibility index (Phi) is 5.70. The molecule has 0 aliphatic rings. The summed E-state index contributed by atoms with van der Waals surface area (Å²) in [5.74, 6) is 0. The van der Waals surface area contributed by atoms with Crippen LogP contribution in [0.25, 0.3) is 0 Å². The molecule has 0 aliphatic carbocycles. The third-order valence-electron chi connectivity index (χ3n) is 1.58. The fourth-order valence-corrected chi connectivity index (χ4v) is 2.54. The first-order valence-corrected chi connectivity index (χ1v) is 5.86. The Hall–Kier alpha value is 0.0569. The summed E-state index contributed by atoms with van der Waals surface area (Å²) in [7, 11) is 3.70. The maximum atomic E-state index is 5.63. The van der Waals surface area contributed by atoms with Crippen LogP contribution in [0.1, 0.15) is 13.3 Å². The van der Waals surface area contributed by atoms with Crippen molar-refractivity contribution in [1.82, 2.24) is 14.9 Å². The molecule has 0 saturated carbocycles. The van der Waals surface area contributed by atoms with Crippen LogP contribution >= 0.6 is 0 Å². The predicted octanol–water partition coefficient (Wildman–Crippen LogP) is -0.493. The molecule has 0 aromatic carbocycles. The Labute approximate surface area is 70.1 Å². The summed E-state index contributed by atoms with van der Waals surface area (Å²) in [6.07, 6.45) is 1.04. The van der Waals surface area contributed by atoms with E-state index in [1.807, 2.05) is 21.1 Å². The van der Waals surface area contributed by atoms with Gasteiger partial charge in [-0.05, 0) is 27.6 Å². The van der Waals surface area contributed by atoms with Crippen molar-refractivity contribution in [2.75, 3.05) is 27.7 Å². The van der Waals surface area contributed by atoms with E-state index in [-0.39, 0.29) is 0 Å². The minimum absolute atomic E-state index is 0.786. The van der Waals surface area contributed by atoms with E-state index >= 15 is 0 Å². The molecule has 0 aromatic heterocycles. The lowest BCUT2D eigenvalue weighted by molar-refractivity contribution is 0.276. The van der Waals surface area contributed by atoms with E-state index < -0.39 is 8.80 Å².